The van der Waals surface area contributed by atoms with E-state index in [1.54, 1.807) is 24.3 Å². The summed E-state index contributed by atoms with van der Waals surface area (Å²) in [6.45, 7) is -0.396. The largest absolute Gasteiger partial charge is 0.411 e. The Morgan fingerprint density at radius 3 is 2.30 bits per heavy atom. The molecule has 7 heteroatoms. The molecule has 2 N–H and O–H groups in total. The first-order valence-corrected chi connectivity index (χ1v) is 8.80. The SMILES string of the molecule is Cl.FC(F)(F)COC(N[C@H]1CCCN[C@H]1c1ccccc1)c1ccccc1. The molecule has 3 nitrogen and oxygen atoms in total. The van der Waals surface area contributed by atoms with Crippen LogP contribution in [-0.4, -0.2) is 25.4 Å². The van der Waals surface area contributed by atoms with Gasteiger partial charge in [-0.05, 0) is 30.5 Å². The molecule has 1 unspecified atom stereocenters. The highest BCUT2D eigenvalue weighted by molar-refractivity contribution is 5.85. The lowest BCUT2D eigenvalue weighted by atomic mass is 9.92. The molecular weight excluding hydrogens is 377 g/mol. The number of halogens is 4. The van der Waals surface area contributed by atoms with Gasteiger partial charge in [-0.15, -0.1) is 12.4 Å². The van der Waals surface area contributed by atoms with E-state index in [0.29, 0.717) is 5.56 Å². The van der Waals surface area contributed by atoms with E-state index in [2.05, 4.69) is 10.6 Å². The third-order valence-corrected chi connectivity index (χ3v) is 4.50. The molecule has 3 atom stereocenters. The van der Waals surface area contributed by atoms with E-state index in [1.807, 2.05) is 36.4 Å². The summed E-state index contributed by atoms with van der Waals surface area (Å²) in [4.78, 5) is 0. The molecule has 0 bridgehead atoms. The van der Waals surface area contributed by atoms with Gasteiger partial charge >= 0.3 is 6.18 Å². The number of ether oxygens (including phenoxy) is 1. The van der Waals surface area contributed by atoms with Crippen LogP contribution in [0.2, 0.25) is 0 Å². The first-order valence-electron chi connectivity index (χ1n) is 8.80. The van der Waals surface area contributed by atoms with E-state index in [0.717, 1.165) is 24.9 Å². The van der Waals surface area contributed by atoms with Gasteiger partial charge in [-0.25, -0.2) is 0 Å². The van der Waals surface area contributed by atoms with Crippen molar-refractivity contribution in [1.29, 1.82) is 0 Å². The zero-order valence-electron chi connectivity index (χ0n) is 14.8. The van der Waals surface area contributed by atoms with Crippen LogP contribution in [-0.2, 0) is 4.74 Å². The van der Waals surface area contributed by atoms with Crippen LogP contribution in [0.5, 0.6) is 0 Å². The molecule has 0 radical (unpaired) electrons. The van der Waals surface area contributed by atoms with Gasteiger partial charge in [-0.1, -0.05) is 60.7 Å². The van der Waals surface area contributed by atoms with E-state index in [-0.39, 0.29) is 24.5 Å². The smallest absolute Gasteiger partial charge is 0.350 e. The Hall–Kier alpha value is -1.60. The third kappa shape index (κ3) is 6.50. The van der Waals surface area contributed by atoms with Crippen LogP contribution in [0.4, 0.5) is 13.2 Å². The Morgan fingerprint density at radius 1 is 1.04 bits per heavy atom. The fourth-order valence-electron chi connectivity index (χ4n) is 3.32. The second kappa shape index (κ2) is 10.1. The fourth-order valence-corrected chi connectivity index (χ4v) is 3.32. The molecule has 1 aliphatic rings. The summed E-state index contributed by atoms with van der Waals surface area (Å²) in [7, 11) is 0. The van der Waals surface area contributed by atoms with E-state index in [4.69, 9.17) is 4.74 Å². The van der Waals surface area contributed by atoms with Crippen LogP contribution >= 0.6 is 12.4 Å². The zero-order chi connectivity index (χ0) is 18.4. The molecule has 2 aromatic rings. The summed E-state index contributed by atoms with van der Waals surface area (Å²) in [6.07, 6.45) is -3.35. The number of nitrogens with one attached hydrogen (secondary N) is 2. The van der Waals surface area contributed by atoms with Gasteiger partial charge in [0.2, 0.25) is 0 Å². The summed E-state index contributed by atoms with van der Waals surface area (Å²) in [5, 5.41) is 6.78. The summed E-state index contributed by atoms with van der Waals surface area (Å²) in [5.74, 6) is 0. The third-order valence-electron chi connectivity index (χ3n) is 4.50. The van der Waals surface area contributed by atoms with Crippen molar-refractivity contribution in [3.8, 4) is 0 Å². The standard InChI is InChI=1S/C20H23F3N2O.ClH/c21-20(22,23)14-26-19(16-10-5-2-6-11-16)25-17-12-7-13-24-18(17)15-8-3-1-4-9-15;/h1-6,8-11,17-19,24-25H,7,12-14H2;1H/t17-,18-,19?;/m0./s1. The predicted octanol–water partition coefficient (Wildman–Crippen LogP) is 4.77. The number of piperidine rings is 1. The fraction of sp³-hybridized carbons (Fsp3) is 0.400. The van der Waals surface area contributed by atoms with E-state index < -0.39 is 19.0 Å². The van der Waals surface area contributed by atoms with Gasteiger partial charge in [0.1, 0.15) is 12.8 Å². The second-order valence-electron chi connectivity index (χ2n) is 6.47. The van der Waals surface area contributed by atoms with Crippen molar-refractivity contribution < 1.29 is 17.9 Å². The Bertz CT molecular complexity index is 670. The van der Waals surface area contributed by atoms with Crippen LogP contribution in [0.3, 0.4) is 0 Å². The number of hydrogen-bond acceptors (Lipinski definition) is 3. The number of benzene rings is 2. The number of alkyl halides is 3. The average molecular weight is 401 g/mol. The summed E-state index contributed by atoms with van der Waals surface area (Å²) < 4.78 is 43.3. The molecule has 1 saturated heterocycles. The highest BCUT2D eigenvalue weighted by atomic mass is 35.5. The van der Waals surface area contributed by atoms with Crippen molar-refractivity contribution in [3.05, 3.63) is 71.8 Å². The van der Waals surface area contributed by atoms with Gasteiger partial charge in [0.25, 0.3) is 0 Å². The number of rotatable bonds is 6. The normalized spacial score (nSPS) is 21.3. The van der Waals surface area contributed by atoms with Gasteiger partial charge in [-0.3, -0.25) is 5.32 Å². The van der Waals surface area contributed by atoms with Gasteiger partial charge in [0.15, 0.2) is 0 Å². The molecule has 1 aliphatic heterocycles. The highest BCUT2D eigenvalue weighted by Crippen LogP contribution is 2.28. The topological polar surface area (TPSA) is 33.3 Å². The Kier molecular flexibility index (Phi) is 8.10. The van der Waals surface area contributed by atoms with Crippen LogP contribution in [0.1, 0.15) is 36.2 Å². The maximum absolute atomic E-state index is 12.7. The molecule has 0 amide bonds. The van der Waals surface area contributed by atoms with Crippen LogP contribution < -0.4 is 10.6 Å². The zero-order valence-corrected chi connectivity index (χ0v) is 15.6. The summed E-state index contributed by atoms with van der Waals surface area (Å²) in [5.41, 5.74) is 1.81. The molecule has 3 rings (SSSR count). The molecule has 2 aromatic carbocycles. The lowest BCUT2D eigenvalue weighted by Crippen LogP contribution is -2.48. The molecular formula is C20H24ClF3N2O. The minimum Gasteiger partial charge on any atom is -0.350 e. The van der Waals surface area contributed by atoms with Crippen molar-refractivity contribution in [3.63, 3.8) is 0 Å². The van der Waals surface area contributed by atoms with Crippen LogP contribution in [0, 0.1) is 0 Å². The summed E-state index contributed by atoms with van der Waals surface area (Å²) >= 11 is 0. The van der Waals surface area contributed by atoms with Crippen LogP contribution in [0.25, 0.3) is 0 Å². The average Bonchev–Trinajstić information content (AvgIpc) is 2.66. The van der Waals surface area contributed by atoms with E-state index in [9.17, 15) is 13.2 Å². The molecule has 148 valence electrons. The molecule has 1 fully saturated rings. The highest BCUT2D eigenvalue weighted by Gasteiger charge is 2.32. The molecule has 0 spiro atoms. The minimum atomic E-state index is -4.36. The van der Waals surface area contributed by atoms with Crippen molar-refractivity contribution >= 4 is 12.4 Å². The molecule has 0 aromatic heterocycles. The number of hydrogen-bond donors (Lipinski definition) is 2. The van der Waals surface area contributed by atoms with Crippen molar-refractivity contribution in [1.82, 2.24) is 10.6 Å². The van der Waals surface area contributed by atoms with E-state index in [1.165, 1.54) is 0 Å². The lowest BCUT2D eigenvalue weighted by molar-refractivity contribution is -0.190. The van der Waals surface area contributed by atoms with Gasteiger partial charge < -0.3 is 10.1 Å². The Balaban J connectivity index is 0.00000261. The summed E-state index contributed by atoms with van der Waals surface area (Å²) in [6, 6.07) is 19.0. The van der Waals surface area contributed by atoms with Crippen molar-refractivity contribution in [2.75, 3.05) is 13.2 Å². The quantitative estimate of drug-likeness (QED) is 0.685. The van der Waals surface area contributed by atoms with Gasteiger partial charge in [-0.2, -0.15) is 13.2 Å². The first kappa shape index (κ1) is 21.7. The minimum absolute atomic E-state index is 0. The molecule has 0 aliphatic carbocycles. The Morgan fingerprint density at radius 2 is 1.67 bits per heavy atom. The van der Waals surface area contributed by atoms with Crippen molar-refractivity contribution in [2.24, 2.45) is 0 Å². The van der Waals surface area contributed by atoms with Gasteiger partial charge in [0.05, 0.1) is 0 Å². The first-order chi connectivity index (χ1) is 12.5. The van der Waals surface area contributed by atoms with Gasteiger partial charge in [0, 0.05) is 12.1 Å². The predicted molar refractivity (Wildman–Crippen MR) is 102 cm³/mol. The van der Waals surface area contributed by atoms with Crippen molar-refractivity contribution in [2.45, 2.75) is 37.3 Å². The monoisotopic (exact) mass is 400 g/mol. The maximum atomic E-state index is 12.7. The maximum Gasteiger partial charge on any atom is 0.411 e. The second-order valence-corrected chi connectivity index (χ2v) is 6.47. The molecule has 27 heavy (non-hydrogen) atoms. The Labute approximate surface area is 163 Å². The van der Waals surface area contributed by atoms with E-state index >= 15 is 0 Å². The molecule has 1 heterocycles. The lowest BCUT2D eigenvalue weighted by Gasteiger charge is -2.36. The molecule has 0 saturated carbocycles. The van der Waals surface area contributed by atoms with Crippen LogP contribution in [0.15, 0.2) is 60.7 Å².